The fourth-order valence-corrected chi connectivity index (χ4v) is 4.25. The Bertz CT molecular complexity index is 603. The van der Waals surface area contributed by atoms with Gasteiger partial charge in [0.25, 0.3) is 0 Å². The van der Waals surface area contributed by atoms with Crippen molar-refractivity contribution in [2.24, 2.45) is 11.7 Å². The summed E-state index contributed by atoms with van der Waals surface area (Å²) in [6, 6.07) is 4.13. The van der Waals surface area contributed by atoms with Gasteiger partial charge in [0.15, 0.2) is 0 Å². The van der Waals surface area contributed by atoms with Crippen LogP contribution in [0, 0.1) is 11.7 Å². The highest BCUT2D eigenvalue weighted by molar-refractivity contribution is 7.91. The zero-order chi connectivity index (χ0) is 15.6. The molecule has 0 aromatic heterocycles. The smallest absolute Gasteiger partial charge is 0.150 e. The third-order valence-corrected chi connectivity index (χ3v) is 5.99. The van der Waals surface area contributed by atoms with Crippen LogP contribution in [0.15, 0.2) is 18.2 Å². The molecule has 6 heteroatoms. The largest absolute Gasteiger partial charge is 0.497 e. The predicted molar refractivity (Wildman–Crippen MR) is 80.5 cm³/mol. The molecule has 3 unspecified atom stereocenters. The van der Waals surface area contributed by atoms with Crippen LogP contribution in [0.2, 0.25) is 0 Å². The number of hydrogen-bond donors (Lipinski definition) is 1. The summed E-state index contributed by atoms with van der Waals surface area (Å²) >= 11 is 0. The predicted octanol–water partition coefficient (Wildman–Crippen LogP) is 2.44. The Hall–Kier alpha value is -1.14. The molecule has 1 fully saturated rings. The second-order valence-electron chi connectivity index (χ2n) is 5.79. The first kappa shape index (κ1) is 16.2. The van der Waals surface area contributed by atoms with Crippen molar-refractivity contribution in [1.29, 1.82) is 0 Å². The topological polar surface area (TPSA) is 69.4 Å². The fraction of sp³-hybridized carbons (Fsp3) is 0.600. The van der Waals surface area contributed by atoms with Crippen molar-refractivity contribution in [2.45, 2.75) is 37.0 Å². The van der Waals surface area contributed by atoms with Crippen LogP contribution in [0.25, 0.3) is 0 Å². The van der Waals surface area contributed by atoms with Crippen molar-refractivity contribution in [3.05, 3.63) is 29.6 Å². The maximum Gasteiger partial charge on any atom is 0.150 e. The molecule has 3 atom stereocenters. The van der Waals surface area contributed by atoms with Crippen LogP contribution >= 0.6 is 0 Å². The van der Waals surface area contributed by atoms with Crippen molar-refractivity contribution in [3.8, 4) is 5.75 Å². The molecule has 2 rings (SSSR count). The van der Waals surface area contributed by atoms with Crippen LogP contribution in [0.3, 0.4) is 0 Å². The number of methoxy groups -OCH3 is 1. The summed E-state index contributed by atoms with van der Waals surface area (Å²) in [5, 5.41) is -0.358. The molecule has 1 aromatic carbocycles. The molecule has 4 nitrogen and oxygen atoms in total. The number of rotatable bonds is 4. The van der Waals surface area contributed by atoms with Gasteiger partial charge in [-0.05, 0) is 31.2 Å². The molecule has 0 aliphatic heterocycles. The summed E-state index contributed by atoms with van der Waals surface area (Å²) in [4.78, 5) is 0. The van der Waals surface area contributed by atoms with Crippen molar-refractivity contribution >= 4 is 9.84 Å². The van der Waals surface area contributed by atoms with E-state index >= 15 is 0 Å². The molecule has 1 aliphatic carbocycles. The van der Waals surface area contributed by atoms with E-state index < -0.39 is 21.7 Å². The van der Waals surface area contributed by atoms with E-state index in [1.807, 2.05) is 0 Å². The lowest BCUT2D eigenvalue weighted by molar-refractivity contribution is 0.304. The number of benzene rings is 1. The first-order valence-corrected chi connectivity index (χ1v) is 9.06. The van der Waals surface area contributed by atoms with Gasteiger partial charge >= 0.3 is 0 Å². The molecule has 0 heterocycles. The molecule has 0 spiro atoms. The summed E-state index contributed by atoms with van der Waals surface area (Å²) in [7, 11) is -1.59. The van der Waals surface area contributed by atoms with Crippen LogP contribution in [0.5, 0.6) is 5.75 Å². The Morgan fingerprint density at radius 2 is 2.10 bits per heavy atom. The Balaban J connectivity index is 2.18. The molecule has 21 heavy (non-hydrogen) atoms. The van der Waals surface area contributed by atoms with Crippen LogP contribution < -0.4 is 10.5 Å². The van der Waals surface area contributed by atoms with Crippen LogP contribution in [0.1, 0.15) is 37.3 Å². The van der Waals surface area contributed by atoms with Crippen LogP contribution in [-0.2, 0) is 9.84 Å². The normalized spacial score (nSPS) is 24.6. The zero-order valence-corrected chi connectivity index (χ0v) is 13.2. The van der Waals surface area contributed by atoms with Gasteiger partial charge in [-0.3, -0.25) is 0 Å². The lowest BCUT2D eigenvalue weighted by atomic mass is 9.81. The van der Waals surface area contributed by atoms with E-state index in [-0.39, 0.29) is 11.2 Å². The van der Waals surface area contributed by atoms with Crippen LogP contribution in [0.4, 0.5) is 4.39 Å². The molecule has 2 N–H and O–H groups in total. The molecule has 1 saturated carbocycles. The number of ether oxygens (including phenoxy) is 1. The monoisotopic (exact) mass is 315 g/mol. The molecule has 0 saturated heterocycles. The standard InChI is InChI=1S/C15H22FNO3S/c1-20-11-6-7-13(14(16)9-11)15(17)10-4-3-5-12(8-10)21(2,18)19/h6-7,9-10,12,15H,3-5,8,17H2,1-2H3. The Labute approximate surface area is 125 Å². The fourth-order valence-electron chi connectivity index (χ4n) is 3.06. The number of hydrogen-bond acceptors (Lipinski definition) is 4. The second-order valence-corrected chi connectivity index (χ2v) is 8.12. The van der Waals surface area contributed by atoms with E-state index in [0.717, 1.165) is 12.8 Å². The van der Waals surface area contributed by atoms with Crippen molar-refractivity contribution < 1.29 is 17.5 Å². The summed E-state index contributed by atoms with van der Waals surface area (Å²) < 4.78 is 42.5. The molecular formula is C15H22FNO3S. The number of nitrogens with two attached hydrogens (primary N) is 1. The maximum absolute atomic E-state index is 14.1. The minimum Gasteiger partial charge on any atom is -0.497 e. The highest BCUT2D eigenvalue weighted by Crippen LogP contribution is 2.36. The third kappa shape index (κ3) is 3.74. The van der Waals surface area contributed by atoms with Crippen LogP contribution in [-0.4, -0.2) is 27.0 Å². The minimum atomic E-state index is -3.06. The number of sulfone groups is 1. The first-order valence-electron chi connectivity index (χ1n) is 7.11. The first-order chi connectivity index (χ1) is 9.82. The second kappa shape index (κ2) is 6.32. The maximum atomic E-state index is 14.1. The quantitative estimate of drug-likeness (QED) is 0.926. The summed E-state index contributed by atoms with van der Waals surface area (Å²) in [5.74, 6) is 0.0332. The van der Waals surface area contributed by atoms with Crippen molar-refractivity contribution in [2.75, 3.05) is 13.4 Å². The SMILES string of the molecule is COc1ccc(C(N)C2CCCC(S(C)(=O)=O)C2)c(F)c1. The van der Waals surface area contributed by atoms with Gasteiger partial charge in [-0.15, -0.1) is 0 Å². The van der Waals surface area contributed by atoms with E-state index in [1.54, 1.807) is 12.1 Å². The van der Waals surface area contributed by atoms with E-state index in [4.69, 9.17) is 10.5 Å². The van der Waals surface area contributed by atoms with Gasteiger partial charge in [-0.1, -0.05) is 12.5 Å². The molecule has 0 amide bonds. The highest BCUT2D eigenvalue weighted by Gasteiger charge is 2.33. The van der Waals surface area contributed by atoms with Gasteiger partial charge < -0.3 is 10.5 Å². The Morgan fingerprint density at radius 3 is 2.67 bits per heavy atom. The van der Waals surface area contributed by atoms with Gasteiger partial charge in [-0.2, -0.15) is 0 Å². The molecule has 1 aliphatic rings. The van der Waals surface area contributed by atoms with Gasteiger partial charge in [0.1, 0.15) is 21.4 Å². The highest BCUT2D eigenvalue weighted by atomic mass is 32.2. The van der Waals surface area contributed by atoms with Gasteiger partial charge in [-0.25, -0.2) is 12.8 Å². The summed E-state index contributed by atoms with van der Waals surface area (Å²) in [6.07, 6.45) is 4.09. The summed E-state index contributed by atoms with van der Waals surface area (Å²) in [6.45, 7) is 0. The molecule has 0 bridgehead atoms. The molecule has 0 radical (unpaired) electrons. The van der Waals surface area contributed by atoms with E-state index in [2.05, 4.69) is 0 Å². The minimum absolute atomic E-state index is 0.0126. The lowest BCUT2D eigenvalue weighted by Gasteiger charge is -2.32. The Kier molecular flexibility index (Phi) is 4.88. The Morgan fingerprint density at radius 1 is 1.38 bits per heavy atom. The van der Waals surface area contributed by atoms with Gasteiger partial charge in [0.05, 0.1) is 12.4 Å². The third-order valence-electron chi connectivity index (χ3n) is 4.35. The van der Waals surface area contributed by atoms with Crippen molar-refractivity contribution in [1.82, 2.24) is 0 Å². The lowest BCUT2D eigenvalue weighted by Crippen LogP contribution is -2.33. The average molecular weight is 315 g/mol. The van der Waals surface area contributed by atoms with Gasteiger partial charge in [0, 0.05) is 23.9 Å². The van der Waals surface area contributed by atoms with Gasteiger partial charge in [0.2, 0.25) is 0 Å². The zero-order valence-electron chi connectivity index (χ0n) is 12.4. The van der Waals surface area contributed by atoms with Crippen molar-refractivity contribution in [3.63, 3.8) is 0 Å². The molecule has 1 aromatic rings. The average Bonchev–Trinajstić information content (AvgIpc) is 2.45. The molecular weight excluding hydrogens is 293 g/mol. The van der Waals surface area contributed by atoms with E-state index in [1.165, 1.54) is 19.4 Å². The summed E-state index contributed by atoms with van der Waals surface area (Å²) in [5.41, 5.74) is 6.62. The molecule has 118 valence electrons. The number of halogens is 1. The van der Waals surface area contributed by atoms with E-state index in [0.29, 0.717) is 24.2 Å². The van der Waals surface area contributed by atoms with E-state index in [9.17, 15) is 12.8 Å².